The molecule has 1 aromatic carbocycles. The zero-order valence-corrected chi connectivity index (χ0v) is 9.69. The van der Waals surface area contributed by atoms with Crippen molar-refractivity contribution in [2.24, 2.45) is 0 Å². The van der Waals surface area contributed by atoms with Crippen molar-refractivity contribution in [3.8, 4) is 12.3 Å². The Kier molecular flexibility index (Phi) is 4.60. The molecule has 16 heavy (non-hydrogen) atoms. The fourth-order valence-corrected chi connectivity index (χ4v) is 1.66. The highest BCUT2D eigenvalue weighted by atomic mass is 16.5. The largest absolute Gasteiger partial charge is 0.465 e. The van der Waals surface area contributed by atoms with Crippen LogP contribution in [0.1, 0.15) is 30.4 Å². The minimum atomic E-state index is -0.342. The third-order valence-corrected chi connectivity index (χ3v) is 2.46. The van der Waals surface area contributed by atoms with E-state index in [2.05, 4.69) is 5.92 Å². The molecular weight excluding hydrogens is 200 g/mol. The first-order chi connectivity index (χ1) is 7.70. The normalized spacial score (nSPS) is 11.6. The number of hydrogen-bond acceptors (Lipinski definition) is 2. The van der Waals surface area contributed by atoms with E-state index in [9.17, 15) is 4.79 Å². The Labute approximate surface area is 96.6 Å². The summed E-state index contributed by atoms with van der Waals surface area (Å²) in [6.07, 6.45) is 5.67. The van der Waals surface area contributed by atoms with Gasteiger partial charge in [0.25, 0.3) is 0 Å². The summed E-state index contributed by atoms with van der Waals surface area (Å²) in [7, 11) is 0. The maximum Gasteiger partial charge on any atom is 0.314 e. The molecule has 0 radical (unpaired) electrons. The molecule has 0 aliphatic rings. The van der Waals surface area contributed by atoms with Crippen LogP contribution in [-0.2, 0) is 9.53 Å². The van der Waals surface area contributed by atoms with Gasteiger partial charge in [0.1, 0.15) is 0 Å². The van der Waals surface area contributed by atoms with Crippen LogP contribution >= 0.6 is 0 Å². The fraction of sp³-hybridized carbons (Fsp3) is 0.357. The molecule has 0 saturated carbocycles. The monoisotopic (exact) mass is 216 g/mol. The van der Waals surface area contributed by atoms with Crippen molar-refractivity contribution in [2.45, 2.75) is 26.2 Å². The van der Waals surface area contributed by atoms with Crippen LogP contribution < -0.4 is 0 Å². The number of aryl methyl sites for hydroxylation is 1. The minimum absolute atomic E-state index is 0.241. The van der Waals surface area contributed by atoms with Crippen LogP contribution in [0.5, 0.6) is 0 Å². The number of rotatable bonds is 4. The average molecular weight is 216 g/mol. The fourth-order valence-electron chi connectivity index (χ4n) is 1.66. The van der Waals surface area contributed by atoms with Crippen LogP contribution in [0.4, 0.5) is 0 Å². The molecule has 0 heterocycles. The molecule has 0 aliphatic carbocycles. The molecule has 0 saturated heterocycles. The lowest BCUT2D eigenvalue weighted by molar-refractivity contribution is -0.144. The van der Waals surface area contributed by atoms with Gasteiger partial charge in [-0.2, -0.15) is 0 Å². The highest BCUT2D eigenvalue weighted by Gasteiger charge is 2.22. The highest BCUT2D eigenvalue weighted by Crippen LogP contribution is 2.24. The number of carbonyl (C=O) groups is 1. The van der Waals surface area contributed by atoms with Crippen LogP contribution in [0.25, 0.3) is 0 Å². The first kappa shape index (κ1) is 12.3. The molecule has 1 atom stereocenters. The van der Waals surface area contributed by atoms with Crippen molar-refractivity contribution < 1.29 is 9.53 Å². The van der Waals surface area contributed by atoms with Gasteiger partial charge < -0.3 is 4.74 Å². The zero-order chi connectivity index (χ0) is 12.0. The maximum atomic E-state index is 11.8. The molecule has 2 nitrogen and oxygen atoms in total. The molecule has 0 spiro atoms. The highest BCUT2D eigenvalue weighted by molar-refractivity contribution is 5.79. The lowest BCUT2D eigenvalue weighted by atomic mass is 9.92. The van der Waals surface area contributed by atoms with Gasteiger partial charge in [0.15, 0.2) is 0 Å². The standard InChI is InChI=1S/C14H16O2/c1-4-8-13(14(15)16-5-2)12-10-7-6-9-11(12)3/h1,6-7,9-10,13H,5,8H2,2-3H3. The van der Waals surface area contributed by atoms with Crippen molar-refractivity contribution in [1.82, 2.24) is 0 Å². The third-order valence-electron chi connectivity index (χ3n) is 2.46. The van der Waals surface area contributed by atoms with Crippen molar-refractivity contribution in [3.63, 3.8) is 0 Å². The first-order valence-electron chi connectivity index (χ1n) is 5.36. The van der Waals surface area contributed by atoms with Crippen molar-refractivity contribution in [2.75, 3.05) is 6.61 Å². The van der Waals surface area contributed by atoms with Gasteiger partial charge in [-0.3, -0.25) is 4.79 Å². The summed E-state index contributed by atoms with van der Waals surface area (Å²) < 4.78 is 5.03. The lowest BCUT2D eigenvalue weighted by Gasteiger charge is -2.15. The smallest absolute Gasteiger partial charge is 0.314 e. The number of hydrogen-bond donors (Lipinski definition) is 0. The number of carbonyl (C=O) groups excluding carboxylic acids is 1. The molecule has 84 valence electrons. The maximum absolute atomic E-state index is 11.8. The molecule has 0 amide bonds. The van der Waals surface area contributed by atoms with Crippen molar-refractivity contribution >= 4 is 5.97 Å². The van der Waals surface area contributed by atoms with Gasteiger partial charge in [0.05, 0.1) is 12.5 Å². The van der Waals surface area contributed by atoms with E-state index >= 15 is 0 Å². The van der Waals surface area contributed by atoms with E-state index in [1.165, 1.54) is 0 Å². The van der Waals surface area contributed by atoms with Crippen LogP contribution in [-0.4, -0.2) is 12.6 Å². The Morgan fingerprint density at radius 2 is 2.19 bits per heavy atom. The molecular formula is C14H16O2. The first-order valence-corrected chi connectivity index (χ1v) is 5.36. The molecule has 0 bridgehead atoms. The van der Waals surface area contributed by atoms with Crippen LogP contribution in [0.3, 0.4) is 0 Å². The van der Waals surface area contributed by atoms with Crippen molar-refractivity contribution in [3.05, 3.63) is 35.4 Å². The Morgan fingerprint density at radius 3 is 2.75 bits per heavy atom. The van der Waals surface area contributed by atoms with E-state index < -0.39 is 0 Å². The van der Waals surface area contributed by atoms with Gasteiger partial charge in [-0.15, -0.1) is 12.3 Å². The van der Waals surface area contributed by atoms with Crippen molar-refractivity contribution in [1.29, 1.82) is 0 Å². The van der Waals surface area contributed by atoms with Gasteiger partial charge in [-0.1, -0.05) is 24.3 Å². The van der Waals surface area contributed by atoms with E-state index in [1.807, 2.05) is 31.2 Å². The molecule has 1 aromatic rings. The van der Waals surface area contributed by atoms with E-state index in [0.717, 1.165) is 11.1 Å². The lowest BCUT2D eigenvalue weighted by Crippen LogP contribution is -2.16. The van der Waals surface area contributed by atoms with Gasteiger partial charge in [-0.05, 0) is 25.0 Å². The molecule has 0 fully saturated rings. The van der Waals surface area contributed by atoms with Crippen LogP contribution in [0.2, 0.25) is 0 Å². The average Bonchev–Trinajstić information content (AvgIpc) is 2.27. The number of ether oxygens (including phenoxy) is 1. The Morgan fingerprint density at radius 1 is 1.50 bits per heavy atom. The summed E-state index contributed by atoms with van der Waals surface area (Å²) in [5.74, 6) is 1.95. The molecule has 1 rings (SSSR count). The predicted octanol–water partition coefficient (Wildman–Crippen LogP) is 2.67. The molecule has 0 aliphatic heterocycles. The Hall–Kier alpha value is -1.75. The summed E-state index contributed by atoms with van der Waals surface area (Å²) in [6, 6.07) is 7.74. The predicted molar refractivity (Wildman–Crippen MR) is 64.0 cm³/mol. The Balaban J connectivity index is 2.99. The second-order valence-corrected chi connectivity index (χ2v) is 3.57. The van der Waals surface area contributed by atoms with Gasteiger partial charge in [0, 0.05) is 6.42 Å². The second kappa shape index (κ2) is 5.97. The third kappa shape index (κ3) is 2.87. The molecule has 2 heteroatoms. The summed E-state index contributed by atoms with van der Waals surface area (Å²) in [4.78, 5) is 11.8. The summed E-state index contributed by atoms with van der Waals surface area (Å²) in [6.45, 7) is 4.15. The van der Waals surface area contributed by atoms with E-state index in [0.29, 0.717) is 13.0 Å². The second-order valence-electron chi connectivity index (χ2n) is 3.57. The zero-order valence-electron chi connectivity index (χ0n) is 9.69. The number of terminal acetylenes is 1. The van der Waals surface area contributed by atoms with Gasteiger partial charge in [0.2, 0.25) is 0 Å². The summed E-state index contributed by atoms with van der Waals surface area (Å²) >= 11 is 0. The summed E-state index contributed by atoms with van der Waals surface area (Å²) in [5.41, 5.74) is 2.02. The summed E-state index contributed by atoms with van der Waals surface area (Å²) in [5, 5.41) is 0. The van der Waals surface area contributed by atoms with E-state index in [-0.39, 0.29) is 11.9 Å². The van der Waals surface area contributed by atoms with Gasteiger partial charge in [-0.25, -0.2) is 0 Å². The SMILES string of the molecule is C#CCC(C(=O)OCC)c1ccccc1C. The molecule has 0 aromatic heterocycles. The quantitative estimate of drug-likeness (QED) is 0.571. The minimum Gasteiger partial charge on any atom is -0.465 e. The van der Waals surface area contributed by atoms with E-state index in [1.54, 1.807) is 6.92 Å². The molecule has 0 N–H and O–H groups in total. The number of benzene rings is 1. The topological polar surface area (TPSA) is 26.3 Å². The molecule has 1 unspecified atom stereocenters. The number of esters is 1. The van der Waals surface area contributed by atoms with E-state index in [4.69, 9.17) is 11.2 Å². The Bertz CT molecular complexity index is 401. The van der Waals surface area contributed by atoms with Crippen LogP contribution in [0.15, 0.2) is 24.3 Å². The van der Waals surface area contributed by atoms with Crippen LogP contribution in [0, 0.1) is 19.3 Å². The van der Waals surface area contributed by atoms with Gasteiger partial charge >= 0.3 is 5.97 Å².